The van der Waals surface area contributed by atoms with Crippen molar-refractivity contribution in [1.82, 2.24) is 5.32 Å². The highest BCUT2D eigenvalue weighted by molar-refractivity contribution is 8.23. The Morgan fingerprint density at radius 3 is 2.36 bits per heavy atom. The summed E-state index contributed by atoms with van der Waals surface area (Å²) in [6.45, 7) is 0.705. The Morgan fingerprint density at radius 2 is 1.73 bits per heavy atom. The van der Waals surface area contributed by atoms with Crippen molar-refractivity contribution in [3.8, 4) is 6.07 Å². The van der Waals surface area contributed by atoms with Crippen LogP contribution in [0, 0.1) is 11.3 Å². The van der Waals surface area contributed by atoms with Crippen LogP contribution in [-0.4, -0.2) is 10.1 Å². The van der Waals surface area contributed by atoms with Gasteiger partial charge < -0.3 is 5.32 Å². The number of nitrogens with zero attached hydrogens (tertiary/aromatic N) is 1. The summed E-state index contributed by atoms with van der Waals surface area (Å²) in [5.41, 5.74) is 2.92. The minimum atomic E-state index is 0.575. The van der Waals surface area contributed by atoms with Crippen molar-refractivity contribution in [1.29, 1.82) is 5.26 Å². The molecule has 4 heteroatoms. The van der Waals surface area contributed by atoms with Gasteiger partial charge in [-0.05, 0) is 17.2 Å². The first-order valence-electron chi connectivity index (χ1n) is 6.88. The lowest BCUT2D eigenvalue weighted by Gasteiger charge is -2.07. The van der Waals surface area contributed by atoms with E-state index in [9.17, 15) is 5.26 Å². The van der Waals surface area contributed by atoms with Gasteiger partial charge in [-0.3, -0.25) is 0 Å². The average Bonchev–Trinajstić information content (AvgIpc) is 2.58. The maximum atomic E-state index is 9.21. The highest BCUT2D eigenvalue weighted by Crippen LogP contribution is 2.13. The molecule has 2 aromatic rings. The number of thiocarbonyl (C=S) groups is 1. The third-order valence-corrected chi connectivity index (χ3v) is 4.28. The van der Waals surface area contributed by atoms with Crippen LogP contribution in [0.1, 0.15) is 11.1 Å². The van der Waals surface area contributed by atoms with Crippen molar-refractivity contribution in [3.63, 3.8) is 0 Å². The molecular weight excluding hydrogens is 308 g/mol. The summed E-state index contributed by atoms with van der Waals surface area (Å²) in [5, 5.41) is 12.4. The highest BCUT2D eigenvalue weighted by Gasteiger charge is 2.02. The molecule has 2 rings (SSSR count). The molecule has 110 valence electrons. The maximum absolute atomic E-state index is 9.21. The molecule has 1 N–H and O–H groups in total. The predicted octanol–water partition coefficient (Wildman–Crippen LogP) is 4.40. The molecule has 0 fully saturated rings. The summed E-state index contributed by atoms with van der Waals surface area (Å²) in [4.78, 5) is 0. The van der Waals surface area contributed by atoms with E-state index in [2.05, 4.69) is 23.5 Å². The van der Waals surface area contributed by atoms with Gasteiger partial charge in [-0.2, -0.15) is 5.26 Å². The maximum Gasteiger partial charge on any atom is 0.134 e. The Kier molecular flexibility index (Phi) is 6.69. The van der Waals surface area contributed by atoms with Gasteiger partial charge in [0.1, 0.15) is 4.32 Å². The van der Waals surface area contributed by atoms with Gasteiger partial charge in [0, 0.05) is 17.9 Å². The molecule has 0 amide bonds. The SMILES string of the molecule is N#C/C(=C/c1ccccc1)CSC(=S)NCc1ccccc1. The average molecular weight is 324 g/mol. The van der Waals surface area contributed by atoms with E-state index in [1.807, 2.05) is 54.6 Å². The molecule has 0 spiro atoms. The number of nitriles is 1. The first kappa shape index (κ1) is 16.3. The normalized spacial score (nSPS) is 10.8. The minimum Gasteiger partial charge on any atom is -0.367 e. The van der Waals surface area contributed by atoms with Crippen molar-refractivity contribution >= 4 is 34.4 Å². The fourth-order valence-electron chi connectivity index (χ4n) is 1.82. The Balaban J connectivity index is 1.82. The zero-order valence-corrected chi connectivity index (χ0v) is 13.7. The minimum absolute atomic E-state index is 0.575. The van der Waals surface area contributed by atoms with Gasteiger partial charge in [-0.15, -0.1) is 0 Å². The molecule has 0 saturated heterocycles. The quantitative estimate of drug-likeness (QED) is 0.653. The van der Waals surface area contributed by atoms with Crippen LogP contribution in [0.4, 0.5) is 0 Å². The summed E-state index contributed by atoms with van der Waals surface area (Å²) in [7, 11) is 0. The predicted molar refractivity (Wildman–Crippen MR) is 98.4 cm³/mol. The Morgan fingerprint density at radius 1 is 1.09 bits per heavy atom. The molecule has 0 heterocycles. The number of rotatable bonds is 5. The van der Waals surface area contributed by atoms with Gasteiger partial charge in [0.25, 0.3) is 0 Å². The molecule has 0 radical (unpaired) electrons. The van der Waals surface area contributed by atoms with E-state index < -0.39 is 0 Å². The zero-order valence-electron chi connectivity index (χ0n) is 12.0. The van der Waals surface area contributed by atoms with Crippen LogP contribution in [0.5, 0.6) is 0 Å². The van der Waals surface area contributed by atoms with Gasteiger partial charge in [0.05, 0.1) is 6.07 Å². The molecule has 0 bridgehead atoms. The zero-order chi connectivity index (χ0) is 15.6. The van der Waals surface area contributed by atoms with Crippen LogP contribution in [0.25, 0.3) is 6.08 Å². The summed E-state index contributed by atoms with van der Waals surface area (Å²) in [5.74, 6) is 0.575. The number of benzene rings is 2. The van der Waals surface area contributed by atoms with Crippen LogP contribution in [-0.2, 0) is 6.54 Å². The molecule has 0 saturated carbocycles. The first-order valence-corrected chi connectivity index (χ1v) is 8.27. The van der Waals surface area contributed by atoms with Gasteiger partial charge in [-0.1, -0.05) is 84.6 Å². The smallest absolute Gasteiger partial charge is 0.134 e. The second-order valence-electron chi connectivity index (χ2n) is 4.61. The van der Waals surface area contributed by atoms with Gasteiger partial charge >= 0.3 is 0 Å². The van der Waals surface area contributed by atoms with Crippen LogP contribution in [0.2, 0.25) is 0 Å². The van der Waals surface area contributed by atoms with E-state index in [4.69, 9.17) is 12.2 Å². The standard InChI is InChI=1S/C18H16N2S2/c19-12-17(11-15-7-3-1-4-8-15)14-22-18(21)20-13-16-9-5-2-6-10-16/h1-11H,13-14H2,(H,20,21)/b17-11-. The Bertz CT molecular complexity index is 673. The molecule has 0 unspecified atom stereocenters. The van der Waals surface area contributed by atoms with E-state index in [0.29, 0.717) is 22.2 Å². The number of thioether (sulfide) groups is 1. The summed E-state index contributed by atoms with van der Waals surface area (Å²) in [6.07, 6.45) is 1.90. The fraction of sp³-hybridized carbons (Fsp3) is 0.111. The van der Waals surface area contributed by atoms with Crippen LogP contribution >= 0.6 is 24.0 Å². The Labute approximate surface area is 140 Å². The van der Waals surface area contributed by atoms with E-state index >= 15 is 0 Å². The lowest BCUT2D eigenvalue weighted by atomic mass is 10.1. The van der Waals surface area contributed by atoms with Crippen molar-refractivity contribution < 1.29 is 0 Å². The fourth-order valence-corrected chi connectivity index (χ4v) is 2.68. The van der Waals surface area contributed by atoms with Crippen LogP contribution in [0.15, 0.2) is 66.2 Å². The van der Waals surface area contributed by atoms with Gasteiger partial charge in [0.15, 0.2) is 0 Å². The number of nitrogens with one attached hydrogen (secondary N) is 1. The largest absolute Gasteiger partial charge is 0.367 e. The van der Waals surface area contributed by atoms with Crippen molar-refractivity contribution in [2.24, 2.45) is 0 Å². The lowest BCUT2D eigenvalue weighted by Crippen LogP contribution is -2.18. The topological polar surface area (TPSA) is 35.8 Å². The summed E-state index contributed by atoms with van der Waals surface area (Å²) >= 11 is 6.78. The third kappa shape index (κ3) is 5.72. The molecule has 0 atom stereocenters. The van der Waals surface area contributed by atoms with E-state index in [1.165, 1.54) is 17.3 Å². The monoisotopic (exact) mass is 324 g/mol. The molecular formula is C18H16N2S2. The van der Waals surface area contributed by atoms with Gasteiger partial charge in [0.2, 0.25) is 0 Å². The number of hydrogen-bond acceptors (Lipinski definition) is 3. The number of hydrogen-bond donors (Lipinski definition) is 1. The third-order valence-electron chi connectivity index (χ3n) is 2.92. The van der Waals surface area contributed by atoms with Crippen molar-refractivity contribution in [2.45, 2.75) is 6.54 Å². The summed E-state index contributed by atoms with van der Waals surface area (Å²) < 4.78 is 0.707. The van der Waals surface area contributed by atoms with E-state index in [0.717, 1.165) is 5.56 Å². The molecule has 22 heavy (non-hydrogen) atoms. The second-order valence-corrected chi connectivity index (χ2v) is 6.26. The summed E-state index contributed by atoms with van der Waals surface area (Å²) in [6, 6.07) is 22.2. The molecule has 0 aliphatic carbocycles. The van der Waals surface area contributed by atoms with E-state index in [1.54, 1.807) is 0 Å². The molecule has 0 aliphatic rings. The molecule has 0 aliphatic heterocycles. The molecule has 2 nitrogen and oxygen atoms in total. The highest BCUT2D eigenvalue weighted by atomic mass is 32.2. The second kappa shape index (κ2) is 9.04. The van der Waals surface area contributed by atoms with Crippen molar-refractivity contribution in [2.75, 3.05) is 5.75 Å². The molecule has 2 aromatic carbocycles. The van der Waals surface area contributed by atoms with Gasteiger partial charge in [-0.25, -0.2) is 0 Å². The first-order chi connectivity index (χ1) is 10.8. The van der Waals surface area contributed by atoms with E-state index in [-0.39, 0.29) is 0 Å². The lowest BCUT2D eigenvalue weighted by molar-refractivity contribution is 0.940. The van der Waals surface area contributed by atoms with Crippen molar-refractivity contribution in [3.05, 3.63) is 77.4 Å². The van der Waals surface area contributed by atoms with Crippen LogP contribution < -0.4 is 5.32 Å². The molecule has 0 aromatic heterocycles. The van der Waals surface area contributed by atoms with Crippen LogP contribution in [0.3, 0.4) is 0 Å². The Hall–Kier alpha value is -2.09.